The molecule has 1 aliphatic carbocycles. The first-order valence-electron chi connectivity index (χ1n) is 10.0. The van der Waals surface area contributed by atoms with Gasteiger partial charge in [0.05, 0.1) is 0 Å². The predicted molar refractivity (Wildman–Crippen MR) is 133 cm³/mol. The van der Waals surface area contributed by atoms with E-state index in [1.807, 2.05) is 39.8 Å². The molecule has 0 bridgehead atoms. The maximum Gasteiger partial charge on any atom is 0.0441 e. The van der Waals surface area contributed by atoms with Crippen molar-refractivity contribution in [1.82, 2.24) is 0 Å². The van der Waals surface area contributed by atoms with Crippen LogP contribution in [0.2, 0.25) is 0 Å². The van der Waals surface area contributed by atoms with Gasteiger partial charge in [-0.3, -0.25) is 0 Å². The quantitative estimate of drug-likeness (QED) is 0.262. The molecule has 2 rings (SSSR count). The van der Waals surface area contributed by atoms with Gasteiger partial charge in [0.1, 0.15) is 0 Å². The van der Waals surface area contributed by atoms with Gasteiger partial charge in [-0.05, 0) is 49.2 Å². The molecule has 0 saturated heterocycles. The normalized spacial score (nSPS) is 12.8. The van der Waals surface area contributed by atoms with Crippen molar-refractivity contribution in [3.8, 4) is 0 Å². The van der Waals surface area contributed by atoms with E-state index in [1.54, 1.807) is 18.0 Å². The van der Waals surface area contributed by atoms with E-state index in [2.05, 4.69) is 84.3 Å². The van der Waals surface area contributed by atoms with Gasteiger partial charge >= 0.3 is 0 Å². The lowest BCUT2D eigenvalue weighted by Crippen LogP contribution is -1.98. The highest BCUT2D eigenvalue weighted by molar-refractivity contribution is 8.00. The minimum atomic E-state index is 0.911. The zero-order valence-corrected chi connectivity index (χ0v) is 18.9. The van der Waals surface area contributed by atoms with E-state index in [9.17, 15) is 0 Å². The summed E-state index contributed by atoms with van der Waals surface area (Å²) in [6.07, 6.45) is 19.4. The molecular formula is C25H36N2S. The van der Waals surface area contributed by atoms with Crippen LogP contribution in [0.5, 0.6) is 0 Å². The Kier molecular flexibility index (Phi) is 16.5. The van der Waals surface area contributed by atoms with Crippen LogP contribution < -0.4 is 10.0 Å². The van der Waals surface area contributed by atoms with E-state index in [-0.39, 0.29) is 0 Å². The maximum atomic E-state index is 3.69. The van der Waals surface area contributed by atoms with Crippen LogP contribution in [0.15, 0.2) is 96.8 Å². The Bertz CT molecular complexity index is 677. The summed E-state index contributed by atoms with van der Waals surface area (Å²) in [4.78, 5) is 0. The van der Waals surface area contributed by atoms with Crippen LogP contribution in [0.1, 0.15) is 41.0 Å². The fraction of sp³-hybridized carbons (Fsp3) is 0.280. The third kappa shape index (κ3) is 12.1. The fourth-order valence-corrected chi connectivity index (χ4v) is 2.70. The maximum absolute atomic E-state index is 3.69. The van der Waals surface area contributed by atoms with Gasteiger partial charge in [-0.25, -0.2) is 0 Å². The topological polar surface area (TPSA) is 24.1 Å². The van der Waals surface area contributed by atoms with Gasteiger partial charge in [-0.1, -0.05) is 88.5 Å². The summed E-state index contributed by atoms with van der Waals surface area (Å²) in [5, 5.41) is 3.45. The minimum absolute atomic E-state index is 0.911. The van der Waals surface area contributed by atoms with Crippen molar-refractivity contribution in [2.24, 2.45) is 0 Å². The molecular weight excluding hydrogens is 360 g/mol. The minimum Gasteiger partial charge on any atom is -0.359 e. The van der Waals surface area contributed by atoms with Crippen LogP contribution in [0.3, 0.4) is 0 Å². The first kappa shape index (κ1) is 25.6. The molecule has 0 amide bonds. The summed E-state index contributed by atoms with van der Waals surface area (Å²) in [5.74, 6) is 0.911. The van der Waals surface area contributed by atoms with Crippen molar-refractivity contribution in [2.75, 3.05) is 15.8 Å². The van der Waals surface area contributed by atoms with E-state index in [1.165, 1.54) is 11.3 Å². The zero-order valence-electron chi connectivity index (χ0n) is 18.0. The summed E-state index contributed by atoms with van der Waals surface area (Å²) in [6, 6.07) is 8.36. The lowest BCUT2D eigenvalue weighted by molar-refractivity contribution is 1.22. The Labute approximate surface area is 177 Å². The molecule has 0 heterocycles. The van der Waals surface area contributed by atoms with E-state index >= 15 is 0 Å². The molecule has 2 nitrogen and oxygen atoms in total. The van der Waals surface area contributed by atoms with Crippen LogP contribution in [0, 0.1) is 0 Å². The number of allylic oxidation sites excluding steroid dienone is 9. The molecule has 0 atom stereocenters. The third-order valence-corrected chi connectivity index (χ3v) is 4.05. The van der Waals surface area contributed by atoms with Crippen molar-refractivity contribution >= 4 is 23.3 Å². The molecule has 3 heteroatoms. The molecule has 1 aromatic rings. The Morgan fingerprint density at radius 3 is 2.39 bits per heavy atom. The van der Waals surface area contributed by atoms with Gasteiger partial charge in [-0.15, -0.1) is 0 Å². The van der Waals surface area contributed by atoms with Gasteiger partial charge in [0.2, 0.25) is 0 Å². The monoisotopic (exact) mass is 396 g/mol. The first-order chi connectivity index (χ1) is 13.8. The van der Waals surface area contributed by atoms with E-state index in [0.29, 0.717) is 0 Å². The van der Waals surface area contributed by atoms with Crippen molar-refractivity contribution in [2.45, 2.75) is 41.0 Å². The lowest BCUT2D eigenvalue weighted by atomic mass is 10.2. The Balaban J connectivity index is 0.00000171. The van der Waals surface area contributed by atoms with Crippen LogP contribution in [-0.4, -0.2) is 5.75 Å². The van der Waals surface area contributed by atoms with E-state index in [0.717, 1.165) is 23.5 Å². The molecule has 2 N–H and O–H groups in total. The van der Waals surface area contributed by atoms with Crippen LogP contribution in [0.25, 0.3) is 0 Å². The molecule has 0 aliphatic heterocycles. The highest BCUT2D eigenvalue weighted by atomic mass is 32.2. The molecule has 1 aliphatic rings. The van der Waals surface area contributed by atoms with Gasteiger partial charge in [0.25, 0.3) is 0 Å². The third-order valence-electron chi connectivity index (χ3n) is 3.31. The molecule has 0 fully saturated rings. The standard InChI is InChI=1S/C21H24N2S.2C2H6/c1-3-9-18(2)10-8-17-24-23-21-15-13-20(14-16-21)22-19-11-6-4-5-7-12-19;2*1-2/h3-11,13-16,22-23H,1,12,17H2,2H3;2*1-2H3/b10-8-,18-9-;;. The molecule has 28 heavy (non-hydrogen) atoms. The number of hydrogen-bond acceptors (Lipinski definition) is 3. The second kappa shape index (κ2) is 18.0. The summed E-state index contributed by atoms with van der Waals surface area (Å²) < 4.78 is 3.35. The Morgan fingerprint density at radius 1 is 1.04 bits per heavy atom. The molecule has 0 radical (unpaired) electrons. The Hall–Kier alpha value is -2.39. The molecule has 152 valence electrons. The van der Waals surface area contributed by atoms with Gasteiger partial charge < -0.3 is 10.0 Å². The van der Waals surface area contributed by atoms with Crippen molar-refractivity contribution in [3.05, 3.63) is 96.8 Å². The van der Waals surface area contributed by atoms with E-state index < -0.39 is 0 Å². The van der Waals surface area contributed by atoms with Crippen LogP contribution in [-0.2, 0) is 0 Å². The van der Waals surface area contributed by atoms with Crippen molar-refractivity contribution in [1.29, 1.82) is 0 Å². The summed E-state index contributed by atoms with van der Waals surface area (Å²) in [5.41, 5.74) is 4.61. The van der Waals surface area contributed by atoms with Crippen LogP contribution in [0.4, 0.5) is 11.4 Å². The van der Waals surface area contributed by atoms with Crippen molar-refractivity contribution in [3.63, 3.8) is 0 Å². The Morgan fingerprint density at radius 2 is 1.71 bits per heavy atom. The average molecular weight is 397 g/mol. The lowest BCUT2D eigenvalue weighted by Gasteiger charge is -2.10. The van der Waals surface area contributed by atoms with E-state index in [4.69, 9.17) is 0 Å². The number of benzene rings is 1. The van der Waals surface area contributed by atoms with Gasteiger partial charge in [0, 0.05) is 29.2 Å². The van der Waals surface area contributed by atoms with Crippen LogP contribution >= 0.6 is 11.9 Å². The second-order valence-electron chi connectivity index (χ2n) is 5.37. The molecule has 0 aromatic heterocycles. The summed E-state index contributed by atoms with van der Waals surface area (Å²) in [6.45, 7) is 13.8. The SMILES string of the molecule is C=C/C=C(C)\C=C/CSNc1ccc(NC2=CC=CC=CC2)cc1.CC.CC. The summed E-state index contributed by atoms with van der Waals surface area (Å²) >= 11 is 1.67. The highest BCUT2D eigenvalue weighted by Gasteiger charge is 1.98. The molecule has 0 spiro atoms. The van der Waals surface area contributed by atoms with Crippen molar-refractivity contribution < 1.29 is 0 Å². The highest BCUT2D eigenvalue weighted by Crippen LogP contribution is 2.19. The number of hydrogen-bond donors (Lipinski definition) is 2. The average Bonchev–Trinajstić information content (AvgIpc) is 3.01. The predicted octanol–water partition coefficient (Wildman–Crippen LogP) is 8.30. The summed E-state index contributed by atoms with van der Waals surface area (Å²) in [7, 11) is 0. The number of anilines is 2. The van der Waals surface area contributed by atoms with Gasteiger partial charge in [-0.2, -0.15) is 0 Å². The fourth-order valence-electron chi connectivity index (χ4n) is 2.13. The number of rotatable bonds is 8. The molecule has 0 saturated carbocycles. The van der Waals surface area contributed by atoms with Gasteiger partial charge in [0.15, 0.2) is 0 Å². The second-order valence-corrected chi connectivity index (χ2v) is 6.20. The largest absolute Gasteiger partial charge is 0.359 e. The molecule has 1 aromatic carbocycles. The number of nitrogens with one attached hydrogen (secondary N) is 2. The first-order valence-corrected chi connectivity index (χ1v) is 11.0. The molecule has 0 unspecified atom stereocenters. The zero-order chi connectivity index (χ0) is 21.0. The smallest absolute Gasteiger partial charge is 0.0441 e.